The predicted octanol–water partition coefficient (Wildman–Crippen LogP) is 2.94. The average molecular weight is 382 g/mol. The summed E-state index contributed by atoms with van der Waals surface area (Å²) in [5.41, 5.74) is -0.00237. The SMILES string of the molecule is C[C@@H]1CC[C@H](O)\C=C/C=C/C(=N\O)Cc2c(Cl)c(O)cc(O)c2C(=O)O1. The number of esters is 1. The van der Waals surface area contributed by atoms with Crippen LogP contribution >= 0.6 is 11.6 Å². The van der Waals surface area contributed by atoms with E-state index in [4.69, 9.17) is 16.3 Å². The number of benzene rings is 1. The van der Waals surface area contributed by atoms with Gasteiger partial charge in [0.05, 0.1) is 22.9 Å². The lowest BCUT2D eigenvalue weighted by Crippen LogP contribution is -2.19. The Kier molecular flexibility index (Phi) is 6.65. The van der Waals surface area contributed by atoms with Gasteiger partial charge in [-0.15, -0.1) is 0 Å². The van der Waals surface area contributed by atoms with Crippen LogP contribution < -0.4 is 0 Å². The molecular weight excluding hydrogens is 362 g/mol. The first-order valence-electron chi connectivity index (χ1n) is 8.01. The van der Waals surface area contributed by atoms with Crippen molar-refractivity contribution >= 4 is 23.3 Å². The van der Waals surface area contributed by atoms with Gasteiger partial charge >= 0.3 is 5.97 Å². The van der Waals surface area contributed by atoms with Crippen LogP contribution in [-0.2, 0) is 11.2 Å². The number of allylic oxidation sites excluding steroid dienone is 3. The van der Waals surface area contributed by atoms with Gasteiger partial charge in [0.2, 0.25) is 0 Å². The maximum absolute atomic E-state index is 12.5. The molecule has 4 N–H and O–H groups in total. The summed E-state index contributed by atoms with van der Waals surface area (Å²) in [7, 11) is 0. The summed E-state index contributed by atoms with van der Waals surface area (Å²) in [6, 6.07) is 0.953. The molecule has 0 saturated carbocycles. The molecule has 0 spiro atoms. The number of ether oxygens (including phenoxy) is 1. The number of aliphatic hydroxyl groups excluding tert-OH is 1. The van der Waals surface area contributed by atoms with Crippen molar-refractivity contribution in [2.75, 3.05) is 0 Å². The van der Waals surface area contributed by atoms with E-state index in [0.29, 0.717) is 12.8 Å². The summed E-state index contributed by atoms with van der Waals surface area (Å²) in [6.45, 7) is 1.67. The number of hydrogen-bond donors (Lipinski definition) is 4. The monoisotopic (exact) mass is 381 g/mol. The van der Waals surface area contributed by atoms with E-state index >= 15 is 0 Å². The first-order valence-corrected chi connectivity index (χ1v) is 8.39. The Morgan fingerprint density at radius 1 is 1.23 bits per heavy atom. The van der Waals surface area contributed by atoms with Crippen molar-refractivity contribution in [1.29, 1.82) is 0 Å². The van der Waals surface area contributed by atoms with E-state index in [0.717, 1.165) is 6.07 Å². The van der Waals surface area contributed by atoms with Crippen molar-refractivity contribution in [3.8, 4) is 11.5 Å². The molecule has 1 aromatic rings. The lowest BCUT2D eigenvalue weighted by molar-refractivity contribution is 0.0293. The number of halogens is 1. The minimum absolute atomic E-state index is 0.0832. The Balaban J connectivity index is 2.55. The molecule has 0 bridgehead atoms. The predicted molar refractivity (Wildman–Crippen MR) is 96.1 cm³/mol. The van der Waals surface area contributed by atoms with Crippen molar-refractivity contribution in [3.63, 3.8) is 0 Å². The zero-order valence-electron chi connectivity index (χ0n) is 14.1. The molecule has 0 amide bonds. The second-order valence-electron chi connectivity index (χ2n) is 5.96. The van der Waals surface area contributed by atoms with E-state index in [1.54, 1.807) is 25.2 Å². The van der Waals surface area contributed by atoms with Crippen molar-refractivity contribution in [3.05, 3.63) is 46.5 Å². The van der Waals surface area contributed by atoms with E-state index in [2.05, 4.69) is 5.16 Å². The molecule has 0 saturated heterocycles. The molecule has 1 aromatic carbocycles. The highest BCUT2D eigenvalue weighted by Crippen LogP contribution is 2.37. The van der Waals surface area contributed by atoms with E-state index in [-0.39, 0.29) is 28.3 Å². The Morgan fingerprint density at radius 3 is 2.65 bits per heavy atom. The number of nitrogens with zero attached hydrogens (tertiary/aromatic N) is 1. The molecule has 0 fully saturated rings. The molecule has 7 nitrogen and oxygen atoms in total. The molecule has 2 rings (SSSR count). The third-order valence-electron chi connectivity index (χ3n) is 3.92. The maximum Gasteiger partial charge on any atom is 0.342 e. The topological polar surface area (TPSA) is 120 Å². The second-order valence-corrected chi connectivity index (χ2v) is 6.33. The summed E-state index contributed by atoms with van der Waals surface area (Å²) >= 11 is 6.10. The molecule has 2 atom stereocenters. The number of aromatic hydroxyl groups is 2. The zero-order valence-corrected chi connectivity index (χ0v) is 14.8. The van der Waals surface area contributed by atoms with Crippen molar-refractivity contribution in [2.45, 2.75) is 38.4 Å². The molecule has 8 heteroatoms. The third-order valence-corrected chi connectivity index (χ3v) is 4.34. The highest BCUT2D eigenvalue weighted by molar-refractivity contribution is 6.33. The molecule has 0 aromatic heterocycles. The zero-order chi connectivity index (χ0) is 19.3. The third kappa shape index (κ3) is 4.77. The van der Waals surface area contributed by atoms with Crippen LogP contribution in [-0.4, -0.2) is 44.4 Å². The summed E-state index contributed by atoms with van der Waals surface area (Å²) < 4.78 is 5.32. The number of hydrogen-bond acceptors (Lipinski definition) is 7. The van der Waals surface area contributed by atoms with Crippen molar-refractivity contribution < 1.29 is 30.1 Å². The molecule has 0 aliphatic carbocycles. The number of fused-ring (bicyclic) bond motifs is 1. The fraction of sp³-hybridized carbons (Fsp3) is 0.333. The first kappa shape index (κ1) is 19.8. The van der Waals surface area contributed by atoms with Gasteiger partial charge in [0, 0.05) is 12.5 Å². The Labute approximate surface area is 155 Å². The van der Waals surface area contributed by atoms with Gasteiger partial charge in [-0.05, 0) is 31.4 Å². The molecule has 0 unspecified atom stereocenters. The second kappa shape index (κ2) is 8.73. The summed E-state index contributed by atoms with van der Waals surface area (Å²) in [6.07, 6.45) is 5.57. The van der Waals surface area contributed by atoms with Crippen LogP contribution in [0.15, 0.2) is 35.5 Å². The molecule has 140 valence electrons. The van der Waals surface area contributed by atoms with Crippen LogP contribution in [0.4, 0.5) is 0 Å². The van der Waals surface area contributed by atoms with Crippen molar-refractivity contribution in [1.82, 2.24) is 0 Å². The van der Waals surface area contributed by atoms with Gasteiger partial charge < -0.3 is 25.3 Å². The summed E-state index contributed by atoms with van der Waals surface area (Å²) in [4.78, 5) is 12.5. The molecule has 1 aliphatic rings. The molecule has 1 aliphatic heterocycles. The van der Waals surface area contributed by atoms with Gasteiger partial charge in [-0.2, -0.15) is 0 Å². The number of rotatable bonds is 0. The fourth-order valence-corrected chi connectivity index (χ4v) is 2.76. The van der Waals surface area contributed by atoms with Gasteiger partial charge in [-0.1, -0.05) is 35.0 Å². The lowest BCUT2D eigenvalue weighted by Gasteiger charge is -2.18. The minimum Gasteiger partial charge on any atom is -0.507 e. The summed E-state index contributed by atoms with van der Waals surface area (Å²) in [5.74, 6) is -1.73. The van der Waals surface area contributed by atoms with Gasteiger partial charge in [0.1, 0.15) is 17.1 Å². The Hall–Kier alpha value is -2.51. The Morgan fingerprint density at radius 2 is 1.96 bits per heavy atom. The quantitative estimate of drug-likeness (QED) is 0.311. The molecule has 0 radical (unpaired) electrons. The van der Waals surface area contributed by atoms with Crippen LogP contribution in [0.5, 0.6) is 11.5 Å². The number of phenols is 2. The van der Waals surface area contributed by atoms with Crippen LogP contribution in [0, 0.1) is 0 Å². The first-order chi connectivity index (χ1) is 12.3. The number of oxime groups is 1. The highest BCUT2D eigenvalue weighted by atomic mass is 35.5. The van der Waals surface area contributed by atoms with Gasteiger partial charge in [-0.25, -0.2) is 4.79 Å². The van der Waals surface area contributed by atoms with Crippen LogP contribution in [0.2, 0.25) is 5.02 Å². The average Bonchev–Trinajstić information content (AvgIpc) is 2.59. The molecule has 26 heavy (non-hydrogen) atoms. The summed E-state index contributed by atoms with van der Waals surface area (Å²) in [5, 5.41) is 42.0. The van der Waals surface area contributed by atoms with Crippen LogP contribution in [0.1, 0.15) is 35.7 Å². The largest absolute Gasteiger partial charge is 0.507 e. The van der Waals surface area contributed by atoms with E-state index < -0.39 is 29.7 Å². The Bertz CT molecular complexity index is 771. The lowest BCUT2D eigenvalue weighted by atomic mass is 9.99. The number of aliphatic hydroxyl groups is 1. The van der Waals surface area contributed by atoms with E-state index in [9.17, 15) is 25.3 Å². The highest BCUT2D eigenvalue weighted by Gasteiger charge is 2.25. The van der Waals surface area contributed by atoms with E-state index in [1.165, 1.54) is 6.08 Å². The van der Waals surface area contributed by atoms with Crippen LogP contribution in [0.25, 0.3) is 0 Å². The standard InChI is InChI=1S/C18H20ClNO6/c1-10-6-7-12(21)5-3-2-4-11(20-25)8-13-16(18(24)26-10)14(22)9-15(23)17(13)19/h2-5,9-10,12,21-23,25H,6-8H2,1H3/b4-2+,5-3-,20-11+/t10-,12-/m1/s1. The number of carbonyl (C=O) groups is 1. The van der Waals surface area contributed by atoms with Crippen LogP contribution in [0.3, 0.4) is 0 Å². The molecular formula is C18H20ClNO6. The number of phenolic OH excluding ortho intramolecular Hbond substituents is 2. The van der Waals surface area contributed by atoms with E-state index in [1.807, 2.05) is 0 Å². The minimum atomic E-state index is -0.824. The van der Waals surface area contributed by atoms with Gasteiger partial charge in [0.25, 0.3) is 0 Å². The normalized spacial score (nSPS) is 25.8. The number of cyclic esters (lactones) is 1. The fourth-order valence-electron chi connectivity index (χ4n) is 2.55. The van der Waals surface area contributed by atoms with Crippen molar-refractivity contribution in [2.24, 2.45) is 5.16 Å². The van der Waals surface area contributed by atoms with Gasteiger partial charge in [0.15, 0.2) is 0 Å². The number of carbonyl (C=O) groups excluding carboxylic acids is 1. The maximum atomic E-state index is 12.5. The smallest absolute Gasteiger partial charge is 0.342 e. The molecule has 1 heterocycles. The van der Waals surface area contributed by atoms with Gasteiger partial charge in [-0.3, -0.25) is 0 Å².